The van der Waals surface area contributed by atoms with E-state index in [0.717, 1.165) is 0 Å². The minimum absolute atomic E-state index is 0.0964. The second kappa shape index (κ2) is 5.65. The molecule has 0 fully saturated rings. The second-order valence-electron chi connectivity index (χ2n) is 5.54. The van der Waals surface area contributed by atoms with Crippen LogP contribution in [0.2, 0.25) is 0 Å². The molecule has 0 aliphatic carbocycles. The normalized spacial score (nSPS) is 14.9. The SMILES string of the molecule is CC(C)c1ccccc1C(O)(c1ccccc1N)C(F)(F)F. The van der Waals surface area contributed by atoms with Gasteiger partial charge in [-0.25, -0.2) is 0 Å². The molecule has 0 radical (unpaired) electrons. The van der Waals surface area contributed by atoms with Crippen molar-refractivity contribution in [2.45, 2.75) is 31.5 Å². The fraction of sp³-hybridized carbons (Fsp3) is 0.294. The molecule has 0 aliphatic heterocycles. The number of halogens is 3. The van der Waals surface area contributed by atoms with Gasteiger partial charge in [0.05, 0.1) is 0 Å². The van der Waals surface area contributed by atoms with Gasteiger partial charge < -0.3 is 10.8 Å². The average Bonchev–Trinajstić information content (AvgIpc) is 2.45. The zero-order valence-corrected chi connectivity index (χ0v) is 12.4. The van der Waals surface area contributed by atoms with Gasteiger partial charge in [-0.15, -0.1) is 0 Å². The van der Waals surface area contributed by atoms with Gasteiger partial charge in [-0.05, 0) is 17.5 Å². The van der Waals surface area contributed by atoms with Gasteiger partial charge >= 0.3 is 6.18 Å². The second-order valence-corrected chi connectivity index (χ2v) is 5.54. The highest BCUT2D eigenvalue weighted by molar-refractivity contribution is 5.56. The number of anilines is 1. The molecule has 5 heteroatoms. The van der Waals surface area contributed by atoms with Gasteiger partial charge in [-0.3, -0.25) is 0 Å². The summed E-state index contributed by atoms with van der Waals surface area (Å²) in [5.41, 5.74) is 2.37. The first-order valence-electron chi connectivity index (χ1n) is 6.93. The van der Waals surface area contributed by atoms with E-state index in [1.54, 1.807) is 26.0 Å². The molecule has 0 spiro atoms. The van der Waals surface area contributed by atoms with Crippen molar-refractivity contribution in [1.29, 1.82) is 0 Å². The van der Waals surface area contributed by atoms with Crippen LogP contribution in [-0.2, 0) is 5.60 Å². The monoisotopic (exact) mass is 309 g/mol. The molecule has 1 atom stereocenters. The van der Waals surface area contributed by atoms with Crippen LogP contribution in [0.5, 0.6) is 0 Å². The Hall–Kier alpha value is -2.01. The van der Waals surface area contributed by atoms with Gasteiger partial charge in [-0.2, -0.15) is 13.2 Å². The van der Waals surface area contributed by atoms with E-state index in [2.05, 4.69) is 0 Å². The lowest BCUT2D eigenvalue weighted by atomic mass is 9.80. The van der Waals surface area contributed by atoms with Crippen molar-refractivity contribution in [3.8, 4) is 0 Å². The molecule has 0 amide bonds. The van der Waals surface area contributed by atoms with E-state index < -0.39 is 11.8 Å². The minimum Gasteiger partial charge on any atom is -0.398 e. The molecule has 1 unspecified atom stereocenters. The zero-order valence-electron chi connectivity index (χ0n) is 12.4. The zero-order chi connectivity index (χ0) is 16.5. The quantitative estimate of drug-likeness (QED) is 0.835. The third-order valence-electron chi connectivity index (χ3n) is 3.73. The van der Waals surface area contributed by atoms with E-state index in [0.29, 0.717) is 5.56 Å². The van der Waals surface area contributed by atoms with E-state index in [-0.39, 0.29) is 22.7 Å². The fourth-order valence-corrected chi connectivity index (χ4v) is 2.61. The standard InChI is InChI=1S/C17H18F3NO/c1-11(2)12-7-3-4-8-13(12)16(22,17(18,19)20)14-9-5-6-10-15(14)21/h3-11,22H,21H2,1-2H3. The molecule has 0 aliphatic rings. The minimum atomic E-state index is -4.90. The summed E-state index contributed by atoms with van der Waals surface area (Å²) in [5, 5.41) is 10.7. The summed E-state index contributed by atoms with van der Waals surface area (Å²) < 4.78 is 41.4. The van der Waals surface area contributed by atoms with Crippen molar-refractivity contribution in [3.63, 3.8) is 0 Å². The molecule has 0 aromatic heterocycles. The molecule has 3 N–H and O–H groups in total. The van der Waals surface area contributed by atoms with Gasteiger partial charge in [0, 0.05) is 16.8 Å². The summed E-state index contributed by atoms with van der Waals surface area (Å²) >= 11 is 0. The molecule has 0 heterocycles. The Bertz CT molecular complexity index is 667. The molecule has 118 valence electrons. The molecule has 22 heavy (non-hydrogen) atoms. The number of hydrogen-bond acceptors (Lipinski definition) is 2. The fourth-order valence-electron chi connectivity index (χ4n) is 2.61. The number of nitrogen functional groups attached to an aromatic ring is 1. The summed E-state index contributed by atoms with van der Waals surface area (Å²) in [6.07, 6.45) is -4.90. The van der Waals surface area contributed by atoms with E-state index in [1.807, 2.05) is 0 Å². The highest BCUT2D eigenvalue weighted by atomic mass is 19.4. The third kappa shape index (κ3) is 2.57. The number of benzene rings is 2. The molecular weight excluding hydrogens is 291 g/mol. The largest absolute Gasteiger partial charge is 0.425 e. The summed E-state index contributed by atoms with van der Waals surface area (Å²) in [5.74, 6) is -0.171. The maximum absolute atomic E-state index is 13.8. The first kappa shape index (κ1) is 16.4. The topological polar surface area (TPSA) is 46.2 Å². The Labute approximate surface area is 127 Å². The van der Waals surface area contributed by atoms with E-state index in [1.165, 1.54) is 36.4 Å². The molecule has 2 rings (SSSR count). The van der Waals surface area contributed by atoms with Crippen LogP contribution in [0.25, 0.3) is 0 Å². The maximum Gasteiger partial charge on any atom is 0.425 e. The van der Waals surface area contributed by atoms with E-state index >= 15 is 0 Å². The van der Waals surface area contributed by atoms with Crippen LogP contribution in [-0.4, -0.2) is 11.3 Å². The molecule has 2 aromatic carbocycles. The highest BCUT2D eigenvalue weighted by Crippen LogP contribution is 2.47. The van der Waals surface area contributed by atoms with E-state index in [9.17, 15) is 18.3 Å². The van der Waals surface area contributed by atoms with Crippen LogP contribution < -0.4 is 5.73 Å². The van der Waals surface area contributed by atoms with Gasteiger partial charge in [0.1, 0.15) is 0 Å². The number of rotatable bonds is 3. The number of hydrogen-bond donors (Lipinski definition) is 2. The Morgan fingerprint density at radius 2 is 1.41 bits per heavy atom. The van der Waals surface area contributed by atoms with Crippen molar-refractivity contribution < 1.29 is 18.3 Å². The maximum atomic E-state index is 13.8. The number of nitrogens with two attached hydrogens (primary N) is 1. The van der Waals surface area contributed by atoms with Crippen molar-refractivity contribution in [2.75, 3.05) is 5.73 Å². The molecule has 2 aromatic rings. The van der Waals surface area contributed by atoms with Crippen LogP contribution in [0.15, 0.2) is 48.5 Å². The third-order valence-corrected chi connectivity index (χ3v) is 3.73. The van der Waals surface area contributed by atoms with Crippen molar-refractivity contribution in [3.05, 3.63) is 65.2 Å². The van der Waals surface area contributed by atoms with Gasteiger partial charge in [0.25, 0.3) is 0 Å². The molecule has 0 saturated heterocycles. The van der Waals surface area contributed by atoms with Crippen molar-refractivity contribution >= 4 is 5.69 Å². The Balaban J connectivity index is 2.81. The summed E-state index contributed by atoms with van der Waals surface area (Å²) in [6.45, 7) is 3.56. The molecular formula is C17H18F3NO. The van der Waals surface area contributed by atoms with Crippen LogP contribution in [0.1, 0.15) is 36.5 Å². The summed E-state index contributed by atoms with van der Waals surface area (Å²) in [4.78, 5) is 0. The van der Waals surface area contributed by atoms with Gasteiger partial charge in [0.2, 0.25) is 5.60 Å². The van der Waals surface area contributed by atoms with Gasteiger partial charge in [-0.1, -0.05) is 56.3 Å². The average molecular weight is 309 g/mol. The van der Waals surface area contributed by atoms with Crippen molar-refractivity contribution in [2.24, 2.45) is 0 Å². The Morgan fingerprint density at radius 3 is 1.91 bits per heavy atom. The van der Waals surface area contributed by atoms with Crippen LogP contribution >= 0.6 is 0 Å². The summed E-state index contributed by atoms with van der Waals surface area (Å²) in [7, 11) is 0. The molecule has 0 bridgehead atoms. The molecule has 0 saturated carbocycles. The predicted molar refractivity (Wildman–Crippen MR) is 80.4 cm³/mol. The lowest BCUT2D eigenvalue weighted by molar-refractivity contribution is -0.248. The highest BCUT2D eigenvalue weighted by Gasteiger charge is 2.57. The van der Waals surface area contributed by atoms with Gasteiger partial charge in [0.15, 0.2) is 0 Å². The van der Waals surface area contributed by atoms with Crippen LogP contribution in [0, 0.1) is 0 Å². The lowest BCUT2D eigenvalue weighted by Crippen LogP contribution is -2.44. The van der Waals surface area contributed by atoms with Crippen LogP contribution in [0.3, 0.4) is 0 Å². The number of alkyl halides is 3. The predicted octanol–water partition coefficient (Wildman–Crippen LogP) is 4.19. The van der Waals surface area contributed by atoms with Crippen LogP contribution in [0.4, 0.5) is 18.9 Å². The van der Waals surface area contributed by atoms with E-state index in [4.69, 9.17) is 5.73 Å². The summed E-state index contributed by atoms with van der Waals surface area (Å²) in [6, 6.07) is 11.6. The van der Waals surface area contributed by atoms with Crippen molar-refractivity contribution in [1.82, 2.24) is 0 Å². The smallest absolute Gasteiger partial charge is 0.398 e. The number of para-hydroxylation sites is 1. The Morgan fingerprint density at radius 1 is 0.909 bits per heavy atom. The lowest BCUT2D eigenvalue weighted by Gasteiger charge is -2.34. The first-order chi connectivity index (χ1) is 10.2. The molecule has 2 nitrogen and oxygen atoms in total. The Kier molecular flexibility index (Phi) is 4.20. The first-order valence-corrected chi connectivity index (χ1v) is 6.93. The number of aliphatic hydroxyl groups is 1.